The number of carbonyl (C=O) groups is 1. The number of H-pyrrole nitrogens is 1. The number of rotatable bonds is 7. The highest BCUT2D eigenvalue weighted by Gasteiger charge is 2.28. The number of nitrogens with zero attached hydrogens (tertiary/aromatic N) is 1. The monoisotopic (exact) mass is 406 g/mol. The van der Waals surface area contributed by atoms with Gasteiger partial charge >= 0.3 is 5.97 Å². The summed E-state index contributed by atoms with van der Waals surface area (Å²) in [4.78, 5) is 18.8. The normalized spacial score (nSPS) is 19.4. The average Bonchev–Trinajstić information content (AvgIpc) is 3.37. The maximum absolute atomic E-state index is 13.0. The van der Waals surface area contributed by atoms with E-state index in [1.54, 1.807) is 18.2 Å². The molecule has 2 aromatic rings. The molecule has 1 atom stereocenters. The van der Waals surface area contributed by atoms with Crippen LogP contribution in [0.15, 0.2) is 49.1 Å². The van der Waals surface area contributed by atoms with E-state index in [1.807, 2.05) is 19.1 Å². The first kappa shape index (κ1) is 20.5. The molecule has 2 aliphatic rings. The topological polar surface area (TPSA) is 54.6 Å². The fourth-order valence-electron chi connectivity index (χ4n) is 4.56. The number of aromatic amines is 1. The molecule has 30 heavy (non-hydrogen) atoms. The zero-order valence-corrected chi connectivity index (χ0v) is 17.7. The summed E-state index contributed by atoms with van der Waals surface area (Å²) in [6, 6.07) is 4.03. The first-order valence-corrected chi connectivity index (χ1v) is 10.7. The van der Waals surface area contributed by atoms with Gasteiger partial charge in [-0.15, -0.1) is 0 Å². The summed E-state index contributed by atoms with van der Waals surface area (Å²) in [5, 5.41) is 0.933. The lowest BCUT2D eigenvalue weighted by Crippen LogP contribution is -2.36. The number of hydrogen-bond acceptors (Lipinski definition) is 4. The molecule has 1 fully saturated rings. The number of aryl methyl sites for hydroxylation is 2. The maximum atomic E-state index is 13.0. The lowest BCUT2D eigenvalue weighted by Gasteiger charge is -2.29. The third-order valence-corrected chi connectivity index (χ3v) is 6.06. The first-order valence-electron chi connectivity index (χ1n) is 10.7. The second kappa shape index (κ2) is 8.92. The van der Waals surface area contributed by atoms with Gasteiger partial charge in [-0.1, -0.05) is 31.4 Å². The van der Waals surface area contributed by atoms with E-state index in [4.69, 9.17) is 9.47 Å². The van der Waals surface area contributed by atoms with Crippen LogP contribution in [-0.4, -0.2) is 48.2 Å². The van der Waals surface area contributed by atoms with Crippen molar-refractivity contribution in [2.45, 2.75) is 38.7 Å². The Hall–Kier alpha value is -2.79. The van der Waals surface area contributed by atoms with Crippen molar-refractivity contribution in [1.82, 2.24) is 9.88 Å². The summed E-state index contributed by atoms with van der Waals surface area (Å²) in [6.07, 6.45) is 9.77. The molecule has 0 saturated carbocycles. The molecule has 1 aromatic carbocycles. The van der Waals surface area contributed by atoms with Crippen molar-refractivity contribution in [3.05, 3.63) is 65.9 Å². The number of carbonyl (C=O) groups excluding carboxylic acids is 1. The molecule has 1 N–H and O–H groups in total. The van der Waals surface area contributed by atoms with Crippen LogP contribution in [0.2, 0.25) is 0 Å². The molecular formula is C25H30N2O3. The molecule has 1 aromatic heterocycles. The van der Waals surface area contributed by atoms with Gasteiger partial charge in [-0.05, 0) is 63.4 Å². The molecule has 0 bridgehead atoms. The van der Waals surface area contributed by atoms with Gasteiger partial charge in [0.05, 0.1) is 5.56 Å². The van der Waals surface area contributed by atoms with Crippen molar-refractivity contribution in [1.29, 1.82) is 0 Å². The Morgan fingerprint density at radius 2 is 2.13 bits per heavy atom. The van der Waals surface area contributed by atoms with Crippen LogP contribution in [0.3, 0.4) is 0 Å². The number of benzene rings is 1. The SMILES string of the molecule is C=C/C=C(\C=C)COC(=O)c1c(C)[nH]c2ccc3c(c12)CCC(CN1CCCC1)O3. The van der Waals surface area contributed by atoms with Crippen molar-refractivity contribution < 1.29 is 14.3 Å². The number of ether oxygens (including phenoxy) is 2. The van der Waals surface area contributed by atoms with Gasteiger partial charge in [0.25, 0.3) is 0 Å². The van der Waals surface area contributed by atoms with Crippen molar-refractivity contribution in [3.8, 4) is 5.75 Å². The van der Waals surface area contributed by atoms with Gasteiger partial charge in [-0.2, -0.15) is 0 Å². The summed E-state index contributed by atoms with van der Waals surface area (Å²) in [7, 11) is 0. The van der Waals surface area contributed by atoms with E-state index in [0.29, 0.717) is 5.56 Å². The van der Waals surface area contributed by atoms with E-state index in [1.165, 1.54) is 25.9 Å². The quantitative estimate of drug-likeness (QED) is 0.534. The highest BCUT2D eigenvalue weighted by molar-refractivity contribution is 6.07. The molecule has 4 rings (SSSR count). The number of hydrogen-bond donors (Lipinski definition) is 1. The van der Waals surface area contributed by atoms with Crippen LogP contribution < -0.4 is 4.74 Å². The molecule has 5 heteroatoms. The molecule has 1 unspecified atom stereocenters. The average molecular weight is 407 g/mol. The van der Waals surface area contributed by atoms with Gasteiger partial charge in [0.15, 0.2) is 0 Å². The number of likely N-dealkylation sites (tertiary alicyclic amines) is 1. The minimum Gasteiger partial charge on any atom is -0.489 e. The molecular weight excluding hydrogens is 376 g/mol. The lowest BCUT2D eigenvalue weighted by atomic mass is 9.96. The second-order valence-corrected chi connectivity index (χ2v) is 8.13. The van der Waals surface area contributed by atoms with Crippen LogP contribution >= 0.6 is 0 Å². The van der Waals surface area contributed by atoms with E-state index in [9.17, 15) is 4.79 Å². The first-order chi connectivity index (χ1) is 14.6. The third kappa shape index (κ3) is 4.08. The molecule has 2 aliphatic heterocycles. The molecule has 3 heterocycles. The van der Waals surface area contributed by atoms with Crippen LogP contribution in [0, 0.1) is 6.92 Å². The standard InChI is InChI=1S/C25H30N2O3/c1-4-8-18(5-2)16-29-25(28)23-17(3)26-21-11-12-22-20(24(21)23)10-9-19(30-22)15-27-13-6-7-14-27/h4-5,8,11-12,19,26H,1-2,6-7,9-10,13-16H2,3H3/b18-8+. The number of aromatic nitrogens is 1. The van der Waals surface area contributed by atoms with Crippen molar-refractivity contribution >= 4 is 16.9 Å². The van der Waals surface area contributed by atoms with Crippen LogP contribution in [0.25, 0.3) is 10.9 Å². The van der Waals surface area contributed by atoms with Crippen LogP contribution in [0.5, 0.6) is 5.75 Å². The van der Waals surface area contributed by atoms with Gasteiger partial charge in [0.1, 0.15) is 18.5 Å². The summed E-state index contributed by atoms with van der Waals surface area (Å²) < 4.78 is 11.9. The van der Waals surface area contributed by atoms with Crippen LogP contribution in [-0.2, 0) is 11.2 Å². The molecule has 1 saturated heterocycles. The third-order valence-electron chi connectivity index (χ3n) is 6.06. The van der Waals surface area contributed by atoms with Gasteiger partial charge in [0, 0.05) is 28.7 Å². The smallest absolute Gasteiger partial charge is 0.340 e. The molecule has 0 spiro atoms. The van der Waals surface area contributed by atoms with Crippen molar-refractivity contribution in [3.63, 3.8) is 0 Å². The van der Waals surface area contributed by atoms with E-state index in [-0.39, 0.29) is 18.7 Å². The minimum atomic E-state index is -0.330. The molecule has 0 radical (unpaired) electrons. The Morgan fingerprint density at radius 3 is 2.87 bits per heavy atom. The summed E-state index contributed by atoms with van der Waals surface area (Å²) >= 11 is 0. The van der Waals surface area contributed by atoms with Crippen molar-refractivity contribution in [2.24, 2.45) is 0 Å². The molecule has 0 amide bonds. The lowest BCUT2D eigenvalue weighted by molar-refractivity contribution is 0.0544. The van der Waals surface area contributed by atoms with E-state index >= 15 is 0 Å². The highest BCUT2D eigenvalue weighted by Crippen LogP contribution is 2.37. The Bertz CT molecular complexity index is 995. The van der Waals surface area contributed by atoms with Crippen LogP contribution in [0.1, 0.15) is 40.9 Å². The number of allylic oxidation sites excluding steroid dienone is 2. The number of nitrogens with one attached hydrogen (secondary N) is 1. The molecule has 5 nitrogen and oxygen atoms in total. The predicted molar refractivity (Wildman–Crippen MR) is 120 cm³/mol. The molecule has 0 aliphatic carbocycles. The van der Waals surface area contributed by atoms with Gasteiger partial charge < -0.3 is 14.5 Å². The second-order valence-electron chi connectivity index (χ2n) is 8.13. The zero-order valence-electron chi connectivity index (χ0n) is 17.7. The molecule has 158 valence electrons. The zero-order chi connectivity index (χ0) is 21.1. The van der Waals surface area contributed by atoms with Gasteiger partial charge in [0.2, 0.25) is 0 Å². The predicted octanol–water partition coefficient (Wildman–Crippen LogP) is 4.72. The number of fused-ring (bicyclic) bond motifs is 3. The van der Waals surface area contributed by atoms with E-state index in [0.717, 1.165) is 52.9 Å². The van der Waals surface area contributed by atoms with Crippen molar-refractivity contribution in [2.75, 3.05) is 26.2 Å². The fourth-order valence-corrected chi connectivity index (χ4v) is 4.56. The largest absolute Gasteiger partial charge is 0.489 e. The fraction of sp³-hybridized carbons (Fsp3) is 0.400. The highest BCUT2D eigenvalue weighted by atomic mass is 16.5. The van der Waals surface area contributed by atoms with E-state index in [2.05, 4.69) is 23.0 Å². The Balaban J connectivity index is 1.58. The minimum absolute atomic E-state index is 0.171. The number of esters is 1. The van der Waals surface area contributed by atoms with Crippen LogP contribution in [0.4, 0.5) is 0 Å². The van der Waals surface area contributed by atoms with Gasteiger partial charge in [-0.25, -0.2) is 4.79 Å². The summed E-state index contributed by atoms with van der Waals surface area (Å²) in [6.45, 7) is 12.8. The van der Waals surface area contributed by atoms with E-state index < -0.39 is 0 Å². The Labute approximate surface area is 178 Å². The Morgan fingerprint density at radius 1 is 1.33 bits per heavy atom. The summed E-state index contributed by atoms with van der Waals surface area (Å²) in [5.41, 5.74) is 4.28. The maximum Gasteiger partial charge on any atom is 0.340 e. The summed E-state index contributed by atoms with van der Waals surface area (Å²) in [5.74, 6) is 0.562. The Kier molecular flexibility index (Phi) is 6.09. The van der Waals surface area contributed by atoms with Gasteiger partial charge in [-0.3, -0.25) is 4.90 Å².